The van der Waals surface area contributed by atoms with E-state index in [-0.39, 0.29) is 18.1 Å². The summed E-state index contributed by atoms with van der Waals surface area (Å²) in [5.41, 5.74) is 1.24. The Morgan fingerprint density at radius 1 is 1.32 bits per heavy atom. The average molecular weight is 287 g/mol. The second-order valence-electron chi connectivity index (χ2n) is 4.41. The lowest BCUT2D eigenvalue weighted by molar-refractivity contribution is 0.0513. The number of carbonyl (C=O) groups is 1. The lowest BCUT2D eigenvalue weighted by atomic mass is 10.3. The van der Waals surface area contributed by atoms with Crippen LogP contribution in [0.3, 0.4) is 0 Å². The van der Waals surface area contributed by atoms with Crippen molar-refractivity contribution in [2.45, 2.75) is 33.7 Å². The summed E-state index contributed by atoms with van der Waals surface area (Å²) in [6.45, 7) is 5.97. The van der Waals surface area contributed by atoms with Crippen molar-refractivity contribution in [3.05, 3.63) is 23.5 Å². The van der Waals surface area contributed by atoms with Gasteiger partial charge in [0.2, 0.25) is 0 Å². The van der Waals surface area contributed by atoms with E-state index in [4.69, 9.17) is 4.74 Å². The van der Waals surface area contributed by atoms with E-state index in [9.17, 15) is 13.2 Å². The molecule has 0 amide bonds. The first-order valence-electron chi connectivity index (χ1n) is 6.44. The summed E-state index contributed by atoms with van der Waals surface area (Å²) < 4.78 is 30.0. The fourth-order valence-corrected chi connectivity index (χ4v) is 3.20. The zero-order valence-corrected chi connectivity index (χ0v) is 12.5. The van der Waals surface area contributed by atoms with Crippen molar-refractivity contribution in [1.82, 2.24) is 4.57 Å². The van der Waals surface area contributed by atoms with E-state index < -0.39 is 15.8 Å². The summed E-state index contributed by atoms with van der Waals surface area (Å²) in [7, 11) is -3.05. The van der Waals surface area contributed by atoms with Gasteiger partial charge < -0.3 is 9.30 Å². The van der Waals surface area contributed by atoms with Crippen molar-refractivity contribution in [2.24, 2.45) is 0 Å². The third kappa shape index (κ3) is 4.38. The number of rotatable bonds is 7. The van der Waals surface area contributed by atoms with Crippen LogP contribution in [-0.4, -0.2) is 37.1 Å². The molecule has 1 aromatic heterocycles. The Morgan fingerprint density at radius 3 is 2.58 bits per heavy atom. The van der Waals surface area contributed by atoms with Crippen molar-refractivity contribution in [1.29, 1.82) is 0 Å². The van der Waals surface area contributed by atoms with Gasteiger partial charge in [-0.05, 0) is 31.9 Å². The maximum absolute atomic E-state index is 11.8. The average Bonchev–Trinajstić information content (AvgIpc) is 2.68. The number of aryl methyl sites for hydroxylation is 2. The Balaban J connectivity index is 2.83. The molecule has 0 saturated heterocycles. The summed E-state index contributed by atoms with van der Waals surface area (Å²) in [5.74, 6) is -0.179. The predicted octanol–water partition coefficient (Wildman–Crippen LogP) is 1.80. The van der Waals surface area contributed by atoms with Crippen molar-refractivity contribution >= 4 is 15.8 Å². The number of sulfone groups is 1. The lowest BCUT2D eigenvalue weighted by Crippen LogP contribution is -2.19. The third-order valence-electron chi connectivity index (χ3n) is 2.79. The van der Waals surface area contributed by atoms with Crippen LogP contribution < -0.4 is 0 Å². The largest absolute Gasteiger partial charge is 0.461 e. The van der Waals surface area contributed by atoms with Crippen LogP contribution in [0.2, 0.25) is 0 Å². The van der Waals surface area contributed by atoms with E-state index in [0.717, 1.165) is 5.56 Å². The molecule has 0 aromatic carbocycles. The van der Waals surface area contributed by atoms with Gasteiger partial charge in [0, 0.05) is 18.5 Å². The molecule has 0 unspecified atom stereocenters. The van der Waals surface area contributed by atoms with E-state index in [2.05, 4.69) is 0 Å². The molecule has 0 atom stereocenters. The van der Waals surface area contributed by atoms with Crippen LogP contribution in [0.4, 0.5) is 0 Å². The Kier molecular flexibility index (Phi) is 5.60. The first-order chi connectivity index (χ1) is 8.91. The number of nitrogens with zero attached hydrogens (tertiary/aromatic N) is 1. The number of carbonyl (C=O) groups excluding carboxylic acids is 1. The standard InChI is InChI=1S/C13H21NO4S/c1-4-9-19(16,17)10-8-14-7-6-11(3)12(14)13(15)18-5-2/h6-7H,4-5,8-10H2,1-3H3. The van der Waals surface area contributed by atoms with Gasteiger partial charge in [-0.3, -0.25) is 0 Å². The predicted molar refractivity (Wildman–Crippen MR) is 74.1 cm³/mol. The van der Waals surface area contributed by atoms with Crippen LogP contribution in [0, 0.1) is 6.92 Å². The molecular weight excluding hydrogens is 266 g/mol. The van der Waals surface area contributed by atoms with Crippen molar-refractivity contribution in [3.63, 3.8) is 0 Å². The molecule has 1 rings (SSSR count). The molecular formula is C13H21NO4S. The van der Waals surface area contributed by atoms with Gasteiger partial charge in [0.25, 0.3) is 0 Å². The SMILES string of the molecule is CCCS(=O)(=O)CCn1ccc(C)c1C(=O)OCC. The molecule has 108 valence electrons. The van der Waals surface area contributed by atoms with Gasteiger partial charge in [0.05, 0.1) is 12.4 Å². The molecule has 0 aliphatic heterocycles. The molecule has 0 aliphatic rings. The van der Waals surface area contributed by atoms with Crippen molar-refractivity contribution in [3.8, 4) is 0 Å². The Bertz CT molecular complexity index is 531. The van der Waals surface area contributed by atoms with E-state index in [0.29, 0.717) is 18.7 Å². The van der Waals surface area contributed by atoms with Gasteiger partial charge in [-0.15, -0.1) is 0 Å². The Labute approximate surface area is 114 Å². The fourth-order valence-electron chi connectivity index (χ4n) is 1.90. The minimum Gasteiger partial charge on any atom is -0.461 e. The van der Waals surface area contributed by atoms with Crippen LogP contribution in [0.25, 0.3) is 0 Å². The zero-order chi connectivity index (χ0) is 14.5. The van der Waals surface area contributed by atoms with E-state index in [1.165, 1.54) is 0 Å². The summed E-state index contributed by atoms with van der Waals surface area (Å²) in [6.07, 6.45) is 2.33. The molecule has 6 heteroatoms. The highest BCUT2D eigenvalue weighted by Gasteiger charge is 2.17. The summed E-state index contributed by atoms with van der Waals surface area (Å²) >= 11 is 0. The molecule has 0 bridgehead atoms. The molecule has 1 aromatic rings. The van der Waals surface area contributed by atoms with Crippen LogP contribution in [0.5, 0.6) is 0 Å². The number of esters is 1. The van der Waals surface area contributed by atoms with Crippen LogP contribution >= 0.6 is 0 Å². The molecule has 0 saturated carbocycles. The molecule has 5 nitrogen and oxygen atoms in total. The van der Waals surface area contributed by atoms with Gasteiger partial charge in [-0.2, -0.15) is 0 Å². The normalized spacial score (nSPS) is 11.5. The van der Waals surface area contributed by atoms with Crippen molar-refractivity contribution in [2.75, 3.05) is 18.1 Å². The molecule has 1 heterocycles. The number of aromatic nitrogens is 1. The lowest BCUT2D eigenvalue weighted by Gasteiger charge is -2.10. The number of hydrogen-bond acceptors (Lipinski definition) is 4. The topological polar surface area (TPSA) is 65.4 Å². The Hall–Kier alpha value is -1.30. The minimum absolute atomic E-state index is 0.0430. The van der Waals surface area contributed by atoms with E-state index >= 15 is 0 Å². The molecule has 19 heavy (non-hydrogen) atoms. The van der Waals surface area contributed by atoms with Gasteiger partial charge in [0.15, 0.2) is 9.84 Å². The highest BCUT2D eigenvalue weighted by molar-refractivity contribution is 7.91. The second kappa shape index (κ2) is 6.75. The second-order valence-corrected chi connectivity index (χ2v) is 6.72. The minimum atomic E-state index is -3.05. The summed E-state index contributed by atoms with van der Waals surface area (Å²) in [4.78, 5) is 11.8. The molecule has 0 aliphatic carbocycles. The number of hydrogen-bond donors (Lipinski definition) is 0. The van der Waals surface area contributed by atoms with Gasteiger partial charge in [-0.25, -0.2) is 13.2 Å². The van der Waals surface area contributed by atoms with Crippen LogP contribution in [0.15, 0.2) is 12.3 Å². The molecule has 0 fully saturated rings. The molecule has 0 radical (unpaired) electrons. The smallest absolute Gasteiger partial charge is 0.355 e. The Morgan fingerprint density at radius 2 is 2.00 bits per heavy atom. The molecule has 0 N–H and O–H groups in total. The first-order valence-corrected chi connectivity index (χ1v) is 8.26. The quantitative estimate of drug-likeness (QED) is 0.717. The summed E-state index contributed by atoms with van der Waals surface area (Å²) in [5, 5.41) is 0. The van der Waals surface area contributed by atoms with Crippen LogP contribution in [0.1, 0.15) is 36.3 Å². The zero-order valence-electron chi connectivity index (χ0n) is 11.7. The highest BCUT2D eigenvalue weighted by Crippen LogP contribution is 2.12. The highest BCUT2D eigenvalue weighted by atomic mass is 32.2. The van der Waals surface area contributed by atoms with E-state index in [1.54, 1.807) is 23.8 Å². The monoisotopic (exact) mass is 287 g/mol. The molecule has 0 spiro atoms. The number of ether oxygens (including phenoxy) is 1. The third-order valence-corrected chi connectivity index (χ3v) is 4.63. The van der Waals surface area contributed by atoms with Gasteiger partial charge in [0.1, 0.15) is 5.69 Å². The van der Waals surface area contributed by atoms with Gasteiger partial charge >= 0.3 is 5.97 Å². The van der Waals surface area contributed by atoms with Crippen LogP contribution in [-0.2, 0) is 21.1 Å². The fraction of sp³-hybridized carbons (Fsp3) is 0.615. The maximum Gasteiger partial charge on any atom is 0.355 e. The summed E-state index contributed by atoms with van der Waals surface area (Å²) in [6, 6.07) is 1.79. The van der Waals surface area contributed by atoms with E-state index in [1.807, 2.05) is 13.8 Å². The maximum atomic E-state index is 11.8. The first kappa shape index (κ1) is 15.8. The van der Waals surface area contributed by atoms with Crippen molar-refractivity contribution < 1.29 is 17.9 Å². The van der Waals surface area contributed by atoms with Gasteiger partial charge in [-0.1, -0.05) is 6.92 Å².